The molecule has 0 saturated heterocycles. The molecule has 0 radical (unpaired) electrons. The van der Waals surface area contributed by atoms with Crippen molar-refractivity contribution in [2.24, 2.45) is 11.1 Å². The first-order valence-electron chi connectivity index (χ1n) is 8.30. The van der Waals surface area contributed by atoms with Gasteiger partial charge in [-0.1, -0.05) is 51.9 Å². The molecule has 3 N–H and O–H groups in total. The minimum Gasteiger partial charge on any atom is -0.356 e. The third-order valence-corrected chi connectivity index (χ3v) is 4.49. The highest BCUT2D eigenvalue weighted by Crippen LogP contribution is 2.28. The predicted molar refractivity (Wildman–Crippen MR) is 87.7 cm³/mol. The second kappa shape index (κ2) is 9.38. The molecule has 0 aromatic carbocycles. The van der Waals surface area contributed by atoms with Gasteiger partial charge in [0, 0.05) is 12.1 Å². The molecule has 0 unspecified atom stereocenters. The monoisotopic (exact) mass is 284 g/mol. The largest absolute Gasteiger partial charge is 0.356 e. The van der Waals surface area contributed by atoms with Crippen LogP contribution in [0.3, 0.4) is 0 Å². The first-order chi connectivity index (χ1) is 9.23. The van der Waals surface area contributed by atoms with Crippen molar-refractivity contribution in [3.8, 4) is 0 Å². The summed E-state index contributed by atoms with van der Waals surface area (Å²) < 4.78 is 0. The molecule has 3 heteroatoms. The van der Waals surface area contributed by atoms with Gasteiger partial charge >= 0.3 is 0 Å². The van der Waals surface area contributed by atoms with Crippen molar-refractivity contribution in [2.45, 2.75) is 91.5 Å². The van der Waals surface area contributed by atoms with E-state index in [0.717, 1.165) is 13.0 Å². The van der Waals surface area contributed by atoms with Crippen LogP contribution in [0.25, 0.3) is 0 Å². The number of hydrogen-bond acceptors (Lipinski definition) is 2. The molecule has 0 aliphatic heterocycles. The minimum absolute atomic E-state index is 0.0629. The molecule has 0 heterocycles. The number of unbranched alkanes of at least 4 members (excludes halogenated alkanes) is 7. The molecule has 0 spiro atoms. The molecule has 0 aliphatic carbocycles. The smallest absolute Gasteiger partial charge is 0.227 e. The molecule has 0 bridgehead atoms. The fourth-order valence-corrected chi connectivity index (χ4v) is 1.97. The normalized spacial score (nSPS) is 12.5. The SMILES string of the molecule is CCCCCCCCCCNC(=O)C(C)(C)C(C)(C)N. The van der Waals surface area contributed by atoms with Crippen molar-refractivity contribution in [1.29, 1.82) is 0 Å². The van der Waals surface area contributed by atoms with Gasteiger partial charge in [0.2, 0.25) is 5.91 Å². The number of nitrogens with two attached hydrogens (primary N) is 1. The van der Waals surface area contributed by atoms with Gasteiger partial charge in [0.1, 0.15) is 0 Å². The summed E-state index contributed by atoms with van der Waals surface area (Å²) in [6.07, 6.45) is 10.3. The number of carbonyl (C=O) groups is 1. The topological polar surface area (TPSA) is 55.1 Å². The van der Waals surface area contributed by atoms with Crippen LogP contribution in [0.1, 0.15) is 86.0 Å². The van der Waals surface area contributed by atoms with Crippen molar-refractivity contribution < 1.29 is 4.79 Å². The molecule has 20 heavy (non-hydrogen) atoms. The van der Waals surface area contributed by atoms with Crippen LogP contribution in [0.5, 0.6) is 0 Å². The Hall–Kier alpha value is -0.570. The number of hydrogen-bond donors (Lipinski definition) is 2. The standard InChI is InChI=1S/C17H36N2O/c1-6-7-8-9-10-11-12-13-14-19-15(20)16(2,3)17(4,5)18/h6-14,18H2,1-5H3,(H,19,20). The molecular weight excluding hydrogens is 248 g/mol. The quantitative estimate of drug-likeness (QED) is 0.563. The van der Waals surface area contributed by atoms with E-state index in [4.69, 9.17) is 5.73 Å². The third kappa shape index (κ3) is 7.28. The van der Waals surface area contributed by atoms with Gasteiger partial charge in [-0.25, -0.2) is 0 Å². The van der Waals surface area contributed by atoms with E-state index in [2.05, 4.69) is 12.2 Å². The van der Waals surface area contributed by atoms with Crippen LogP contribution < -0.4 is 11.1 Å². The van der Waals surface area contributed by atoms with Crippen LogP contribution in [-0.2, 0) is 4.79 Å². The van der Waals surface area contributed by atoms with Crippen LogP contribution in [0, 0.1) is 5.41 Å². The first-order valence-corrected chi connectivity index (χ1v) is 8.30. The molecule has 3 nitrogen and oxygen atoms in total. The van der Waals surface area contributed by atoms with Crippen LogP contribution in [0.4, 0.5) is 0 Å². The summed E-state index contributed by atoms with van der Waals surface area (Å²) in [4.78, 5) is 12.1. The molecule has 1 amide bonds. The second-order valence-corrected chi connectivity index (χ2v) is 7.08. The fourth-order valence-electron chi connectivity index (χ4n) is 1.97. The van der Waals surface area contributed by atoms with E-state index in [9.17, 15) is 4.79 Å². The van der Waals surface area contributed by atoms with Crippen molar-refractivity contribution in [1.82, 2.24) is 5.32 Å². The first kappa shape index (κ1) is 19.4. The molecule has 0 atom stereocenters. The maximum atomic E-state index is 12.1. The molecule has 0 fully saturated rings. The lowest BCUT2D eigenvalue weighted by Crippen LogP contribution is -2.55. The summed E-state index contributed by atoms with van der Waals surface area (Å²) in [6.45, 7) is 10.7. The zero-order valence-electron chi connectivity index (χ0n) is 14.3. The number of carbonyl (C=O) groups excluding carboxylic acids is 1. The van der Waals surface area contributed by atoms with Crippen molar-refractivity contribution in [3.63, 3.8) is 0 Å². The van der Waals surface area contributed by atoms with E-state index in [1.165, 1.54) is 44.9 Å². The predicted octanol–water partition coefficient (Wildman–Crippen LogP) is 4.01. The maximum absolute atomic E-state index is 12.1. The molecule has 0 aliphatic rings. The molecule has 120 valence electrons. The Bertz CT molecular complexity index is 267. The summed E-state index contributed by atoms with van der Waals surface area (Å²) in [5, 5.41) is 3.02. The number of rotatable bonds is 11. The highest BCUT2D eigenvalue weighted by atomic mass is 16.2. The van der Waals surface area contributed by atoms with E-state index in [0.29, 0.717) is 0 Å². The Morgan fingerprint density at radius 1 is 0.900 bits per heavy atom. The molecule has 0 saturated carbocycles. The van der Waals surface area contributed by atoms with Gasteiger partial charge in [-0.3, -0.25) is 4.79 Å². The Morgan fingerprint density at radius 3 is 1.80 bits per heavy atom. The van der Waals surface area contributed by atoms with E-state index < -0.39 is 11.0 Å². The molecule has 0 aromatic heterocycles. The zero-order valence-corrected chi connectivity index (χ0v) is 14.3. The van der Waals surface area contributed by atoms with Crippen LogP contribution in [-0.4, -0.2) is 18.0 Å². The summed E-state index contributed by atoms with van der Waals surface area (Å²) in [5.74, 6) is 0.0629. The average molecular weight is 284 g/mol. The van der Waals surface area contributed by atoms with Crippen molar-refractivity contribution in [3.05, 3.63) is 0 Å². The molecular formula is C17H36N2O. The van der Waals surface area contributed by atoms with E-state index in [-0.39, 0.29) is 5.91 Å². The van der Waals surface area contributed by atoms with Crippen LogP contribution in [0.2, 0.25) is 0 Å². The van der Waals surface area contributed by atoms with Crippen LogP contribution in [0.15, 0.2) is 0 Å². The van der Waals surface area contributed by atoms with E-state index in [1.807, 2.05) is 27.7 Å². The van der Waals surface area contributed by atoms with Gasteiger partial charge in [-0.15, -0.1) is 0 Å². The van der Waals surface area contributed by atoms with Crippen molar-refractivity contribution in [2.75, 3.05) is 6.54 Å². The minimum atomic E-state index is -0.535. The highest BCUT2D eigenvalue weighted by Gasteiger charge is 2.39. The lowest BCUT2D eigenvalue weighted by Gasteiger charge is -2.36. The van der Waals surface area contributed by atoms with Gasteiger partial charge < -0.3 is 11.1 Å². The Kier molecular flexibility index (Phi) is 9.11. The Morgan fingerprint density at radius 2 is 1.35 bits per heavy atom. The maximum Gasteiger partial charge on any atom is 0.227 e. The molecule has 0 aromatic rings. The second-order valence-electron chi connectivity index (χ2n) is 7.08. The Labute approximate surface area is 126 Å². The average Bonchev–Trinajstić information content (AvgIpc) is 2.35. The summed E-state index contributed by atoms with van der Waals surface area (Å²) in [5.41, 5.74) is 5.03. The summed E-state index contributed by atoms with van der Waals surface area (Å²) >= 11 is 0. The van der Waals surface area contributed by atoms with Gasteiger partial charge in [0.05, 0.1) is 5.41 Å². The summed E-state index contributed by atoms with van der Waals surface area (Å²) in [6, 6.07) is 0. The van der Waals surface area contributed by atoms with Crippen LogP contribution >= 0.6 is 0 Å². The fraction of sp³-hybridized carbons (Fsp3) is 0.941. The molecule has 0 rings (SSSR count). The third-order valence-electron chi connectivity index (χ3n) is 4.49. The zero-order chi connectivity index (χ0) is 15.6. The van der Waals surface area contributed by atoms with E-state index in [1.54, 1.807) is 0 Å². The number of nitrogens with one attached hydrogen (secondary N) is 1. The Balaban J connectivity index is 3.63. The van der Waals surface area contributed by atoms with Gasteiger partial charge in [-0.2, -0.15) is 0 Å². The lowest BCUT2D eigenvalue weighted by atomic mass is 9.74. The van der Waals surface area contributed by atoms with Gasteiger partial charge in [0.25, 0.3) is 0 Å². The van der Waals surface area contributed by atoms with Crippen molar-refractivity contribution >= 4 is 5.91 Å². The summed E-state index contributed by atoms with van der Waals surface area (Å²) in [7, 11) is 0. The van der Waals surface area contributed by atoms with E-state index >= 15 is 0 Å². The van der Waals surface area contributed by atoms with Gasteiger partial charge in [0.15, 0.2) is 0 Å². The lowest BCUT2D eigenvalue weighted by molar-refractivity contribution is -0.132. The van der Waals surface area contributed by atoms with Gasteiger partial charge in [-0.05, 0) is 34.1 Å². The number of amides is 1. The highest BCUT2D eigenvalue weighted by molar-refractivity contribution is 5.83.